The molecule has 3 atom stereocenters. The van der Waals surface area contributed by atoms with Gasteiger partial charge in [0, 0.05) is 12.5 Å². The van der Waals surface area contributed by atoms with Crippen LogP contribution in [-0.2, 0) is 4.79 Å². The summed E-state index contributed by atoms with van der Waals surface area (Å²) in [4.78, 5) is 24.2. The number of aromatic nitrogens is 4. The van der Waals surface area contributed by atoms with Gasteiger partial charge in [-0.05, 0) is 25.2 Å². The normalized spacial score (nSPS) is 28.6. The van der Waals surface area contributed by atoms with E-state index in [9.17, 15) is 4.79 Å². The topological polar surface area (TPSA) is 98.7 Å². The largest absolute Gasteiger partial charge is 0.368 e. The van der Waals surface area contributed by atoms with Gasteiger partial charge < -0.3 is 15.6 Å². The van der Waals surface area contributed by atoms with Gasteiger partial charge in [0.15, 0.2) is 10.8 Å². The van der Waals surface area contributed by atoms with Crippen molar-refractivity contribution in [1.29, 1.82) is 0 Å². The molecule has 3 unspecified atom stereocenters. The quantitative estimate of drug-likeness (QED) is 0.774. The van der Waals surface area contributed by atoms with Crippen LogP contribution in [0, 0.1) is 5.92 Å². The van der Waals surface area contributed by atoms with E-state index in [1.807, 2.05) is 4.57 Å². The SMILES string of the molecule is Nc1nc(Cl)c2ncn(C3CCC4CC(=O)NC3C4)c2n1. The van der Waals surface area contributed by atoms with E-state index in [0.717, 1.165) is 19.3 Å². The van der Waals surface area contributed by atoms with Gasteiger partial charge >= 0.3 is 0 Å². The molecule has 0 spiro atoms. The van der Waals surface area contributed by atoms with Crippen molar-refractivity contribution < 1.29 is 4.79 Å². The van der Waals surface area contributed by atoms with Gasteiger partial charge in [-0.15, -0.1) is 0 Å². The first kappa shape index (κ1) is 12.8. The van der Waals surface area contributed by atoms with Crippen LogP contribution in [0.4, 0.5) is 5.95 Å². The first-order valence-corrected chi connectivity index (χ1v) is 7.44. The minimum absolute atomic E-state index is 0.123. The van der Waals surface area contributed by atoms with Crippen molar-refractivity contribution in [2.24, 2.45) is 5.92 Å². The van der Waals surface area contributed by atoms with Gasteiger partial charge in [0.25, 0.3) is 0 Å². The van der Waals surface area contributed by atoms with Crippen molar-refractivity contribution in [1.82, 2.24) is 24.8 Å². The number of nitrogens with zero attached hydrogens (tertiary/aromatic N) is 4. The highest BCUT2D eigenvalue weighted by atomic mass is 35.5. The Kier molecular flexibility index (Phi) is 2.78. The van der Waals surface area contributed by atoms with E-state index in [0.29, 0.717) is 23.5 Å². The number of imidazole rings is 1. The third-order valence-corrected chi connectivity index (χ3v) is 4.76. The molecule has 8 heteroatoms. The minimum Gasteiger partial charge on any atom is -0.368 e. The van der Waals surface area contributed by atoms with Crippen molar-refractivity contribution in [2.75, 3.05) is 5.73 Å². The lowest BCUT2D eigenvalue weighted by Crippen LogP contribution is -2.49. The van der Waals surface area contributed by atoms with E-state index >= 15 is 0 Å². The molecule has 3 heterocycles. The summed E-state index contributed by atoms with van der Waals surface area (Å²) in [6.45, 7) is 0. The van der Waals surface area contributed by atoms with Crippen molar-refractivity contribution in [3.63, 3.8) is 0 Å². The fourth-order valence-corrected chi connectivity index (χ4v) is 3.80. The predicted molar refractivity (Wildman–Crippen MR) is 77.7 cm³/mol. The molecule has 2 bridgehead atoms. The number of piperidine rings is 1. The van der Waals surface area contributed by atoms with E-state index in [2.05, 4.69) is 20.3 Å². The molecule has 21 heavy (non-hydrogen) atoms. The number of nitrogen functional groups attached to an aromatic ring is 1. The van der Waals surface area contributed by atoms with Gasteiger partial charge in [-0.1, -0.05) is 11.6 Å². The third kappa shape index (κ3) is 2.03. The van der Waals surface area contributed by atoms with Crippen LogP contribution in [0.3, 0.4) is 0 Å². The van der Waals surface area contributed by atoms with Crippen molar-refractivity contribution in [2.45, 2.75) is 37.8 Å². The molecule has 1 saturated heterocycles. The molecule has 0 aromatic carbocycles. The number of fused-ring (bicyclic) bond motifs is 3. The second kappa shape index (κ2) is 4.56. The van der Waals surface area contributed by atoms with Gasteiger partial charge in [0.05, 0.1) is 12.4 Å². The summed E-state index contributed by atoms with van der Waals surface area (Å²) in [6.07, 6.45) is 5.40. The number of rotatable bonds is 1. The Balaban J connectivity index is 1.78. The predicted octanol–water partition coefficient (Wildman–Crippen LogP) is 1.29. The maximum atomic E-state index is 11.8. The Morgan fingerprint density at radius 1 is 1.38 bits per heavy atom. The molecular formula is C13H15ClN6O. The lowest BCUT2D eigenvalue weighted by molar-refractivity contribution is -0.126. The van der Waals surface area contributed by atoms with Crippen LogP contribution in [-0.4, -0.2) is 31.5 Å². The molecule has 4 rings (SSSR count). The summed E-state index contributed by atoms with van der Waals surface area (Å²) in [7, 11) is 0. The smallest absolute Gasteiger partial charge is 0.223 e. The van der Waals surface area contributed by atoms with E-state index in [1.54, 1.807) is 6.33 Å². The molecule has 2 fully saturated rings. The number of nitrogens with one attached hydrogen (secondary N) is 1. The monoisotopic (exact) mass is 306 g/mol. The lowest BCUT2D eigenvalue weighted by atomic mass is 9.77. The first-order valence-electron chi connectivity index (χ1n) is 7.06. The Hall–Kier alpha value is -1.89. The molecule has 7 nitrogen and oxygen atoms in total. The number of hydrogen-bond donors (Lipinski definition) is 2. The molecule has 3 N–H and O–H groups in total. The fraction of sp³-hybridized carbons (Fsp3) is 0.538. The van der Waals surface area contributed by atoms with E-state index < -0.39 is 0 Å². The highest BCUT2D eigenvalue weighted by Gasteiger charge is 2.38. The Morgan fingerprint density at radius 2 is 2.24 bits per heavy atom. The highest BCUT2D eigenvalue weighted by Crippen LogP contribution is 2.38. The highest BCUT2D eigenvalue weighted by molar-refractivity contribution is 6.33. The minimum atomic E-state index is 0.123. The van der Waals surface area contributed by atoms with E-state index in [4.69, 9.17) is 17.3 Å². The summed E-state index contributed by atoms with van der Waals surface area (Å²) in [5.41, 5.74) is 6.87. The average molecular weight is 307 g/mol. The molecule has 0 radical (unpaired) electrons. The summed E-state index contributed by atoms with van der Waals surface area (Å²) in [5, 5.41) is 3.35. The van der Waals surface area contributed by atoms with Crippen LogP contribution in [0.1, 0.15) is 31.7 Å². The van der Waals surface area contributed by atoms with Gasteiger partial charge in [-0.3, -0.25) is 4.79 Å². The zero-order valence-corrected chi connectivity index (χ0v) is 12.0. The standard InChI is InChI=1S/C13H15ClN6O/c14-11-10-12(19-13(15)18-11)20(5-16-10)8-2-1-6-3-7(8)17-9(21)4-6/h5-8H,1-4H2,(H,17,21)(H2,15,18,19). The maximum absolute atomic E-state index is 11.8. The molecule has 2 aromatic rings. The second-order valence-electron chi connectivity index (χ2n) is 5.82. The number of amides is 1. The van der Waals surface area contributed by atoms with Crippen LogP contribution in [0.25, 0.3) is 11.2 Å². The van der Waals surface area contributed by atoms with E-state index in [-0.39, 0.29) is 29.1 Å². The van der Waals surface area contributed by atoms with Crippen LogP contribution < -0.4 is 11.1 Å². The molecule has 110 valence electrons. The van der Waals surface area contributed by atoms with Crippen molar-refractivity contribution >= 4 is 34.6 Å². The Morgan fingerprint density at radius 3 is 3.10 bits per heavy atom. The average Bonchev–Trinajstić information content (AvgIpc) is 2.82. The van der Waals surface area contributed by atoms with Crippen molar-refractivity contribution in [3.05, 3.63) is 11.5 Å². The van der Waals surface area contributed by atoms with Gasteiger partial charge in [-0.2, -0.15) is 9.97 Å². The Bertz CT molecular complexity index is 729. The molecule has 1 amide bonds. The third-order valence-electron chi connectivity index (χ3n) is 4.50. The number of halogens is 1. The summed E-state index contributed by atoms with van der Waals surface area (Å²) in [5.74, 6) is 0.770. The number of nitrogens with two attached hydrogens (primary N) is 1. The van der Waals surface area contributed by atoms with E-state index in [1.165, 1.54) is 0 Å². The fourth-order valence-electron chi connectivity index (χ4n) is 3.58. The molecular weight excluding hydrogens is 292 g/mol. The number of carbonyl (C=O) groups excluding carboxylic acids is 1. The summed E-state index contributed by atoms with van der Waals surface area (Å²) < 4.78 is 1.98. The first-order chi connectivity index (χ1) is 10.1. The summed E-state index contributed by atoms with van der Waals surface area (Å²) in [6, 6.07) is 0.262. The summed E-state index contributed by atoms with van der Waals surface area (Å²) >= 11 is 6.07. The zero-order valence-electron chi connectivity index (χ0n) is 11.3. The lowest BCUT2D eigenvalue weighted by Gasteiger charge is -2.40. The maximum Gasteiger partial charge on any atom is 0.223 e. The number of carbonyl (C=O) groups is 1. The molecule has 1 aliphatic heterocycles. The van der Waals surface area contributed by atoms with Crippen LogP contribution >= 0.6 is 11.6 Å². The van der Waals surface area contributed by atoms with Gasteiger partial charge in [0.2, 0.25) is 11.9 Å². The van der Waals surface area contributed by atoms with Crippen molar-refractivity contribution in [3.8, 4) is 0 Å². The van der Waals surface area contributed by atoms with Crippen LogP contribution in [0.15, 0.2) is 6.33 Å². The van der Waals surface area contributed by atoms with Gasteiger partial charge in [-0.25, -0.2) is 4.98 Å². The zero-order chi connectivity index (χ0) is 14.6. The van der Waals surface area contributed by atoms with Gasteiger partial charge in [0.1, 0.15) is 5.52 Å². The number of anilines is 1. The molecule has 2 aliphatic rings. The van der Waals surface area contributed by atoms with Crippen LogP contribution in [0.2, 0.25) is 5.15 Å². The second-order valence-corrected chi connectivity index (χ2v) is 6.18. The molecule has 1 aliphatic carbocycles. The Labute approximate surface area is 125 Å². The van der Waals surface area contributed by atoms with Crippen LogP contribution in [0.5, 0.6) is 0 Å². The molecule has 2 aromatic heterocycles. The molecule has 1 saturated carbocycles. The number of hydrogen-bond acceptors (Lipinski definition) is 5.